The van der Waals surface area contributed by atoms with Crippen LogP contribution in [0.4, 0.5) is 15.8 Å². The number of ether oxygens (including phenoxy) is 2. The Labute approximate surface area is 243 Å². The maximum atomic E-state index is 13.7. The smallest absolute Gasteiger partial charge is 0.306 e. The largest absolute Gasteiger partial charge is 0.463 e. The summed E-state index contributed by atoms with van der Waals surface area (Å²) in [4.78, 5) is 41.8. The van der Waals surface area contributed by atoms with Gasteiger partial charge in [0.25, 0.3) is 0 Å². The molecule has 0 bridgehead atoms. The number of benzene rings is 3. The van der Waals surface area contributed by atoms with E-state index in [1.807, 2.05) is 37.3 Å². The molecule has 0 aliphatic heterocycles. The summed E-state index contributed by atoms with van der Waals surface area (Å²) in [5.74, 6) is -1.65. The van der Waals surface area contributed by atoms with E-state index in [0.717, 1.165) is 5.56 Å². The van der Waals surface area contributed by atoms with E-state index >= 15 is 0 Å². The van der Waals surface area contributed by atoms with E-state index in [1.54, 1.807) is 31.2 Å². The minimum absolute atomic E-state index is 0.101. The van der Waals surface area contributed by atoms with Crippen molar-refractivity contribution in [2.45, 2.75) is 52.2 Å². The Bertz CT molecular complexity index is 1570. The van der Waals surface area contributed by atoms with Gasteiger partial charge in [-0.2, -0.15) is 0 Å². The Morgan fingerprint density at radius 2 is 1.69 bits per heavy atom. The Morgan fingerprint density at radius 3 is 2.40 bits per heavy atom. The van der Waals surface area contributed by atoms with E-state index in [9.17, 15) is 23.9 Å². The number of aryl methyl sites for hydroxylation is 1. The zero-order chi connectivity index (χ0) is 30.1. The number of hydrogen-bond acceptors (Lipinski definition) is 8. The van der Waals surface area contributed by atoms with Gasteiger partial charge in [-0.25, -0.2) is 4.39 Å². The van der Waals surface area contributed by atoms with Crippen molar-refractivity contribution in [2.24, 2.45) is 0 Å². The second-order valence-corrected chi connectivity index (χ2v) is 9.89. The number of esters is 2. The monoisotopic (exact) mass is 572 g/mol. The first-order chi connectivity index (χ1) is 20.3. The number of carbonyl (C=O) groups excluding carboxylic acids is 3. The van der Waals surface area contributed by atoms with Crippen LogP contribution in [0.5, 0.6) is 0 Å². The number of nitrogens with zero attached hydrogens (tertiary/aromatic N) is 1. The van der Waals surface area contributed by atoms with Crippen LogP contribution in [0.2, 0.25) is 0 Å². The molecule has 42 heavy (non-hydrogen) atoms. The molecule has 0 saturated carbocycles. The summed E-state index contributed by atoms with van der Waals surface area (Å²) in [5.41, 5.74) is 3.81. The molecule has 0 spiro atoms. The molecule has 9 heteroatoms. The standard InChI is InChI=1S/C33H33FN2O6/c1-3-8-28(37)26-18-35-32-24(11-7-12-25(32)33(26)36-27-14-13-23(34)17-21(27)2)29(38)20-42-31(40)16-15-30(39)41-19-22-9-5-4-6-10-22/h4-7,9-14,17-18,29,38H,3,8,15-16,19-20H2,1-2H3,(H,35,36). The number of rotatable bonds is 13. The summed E-state index contributed by atoms with van der Waals surface area (Å²) >= 11 is 0. The van der Waals surface area contributed by atoms with E-state index in [1.165, 1.54) is 18.3 Å². The number of Topliss-reactive ketones (excluding diaryl/α,β-unsaturated/α-hetero) is 1. The molecule has 0 radical (unpaired) electrons. The predicted octanol–water partition coefficient (Wildman–Crippen LogP) is 6.51. The van der Waals surface area contributed by atoms with E-state index in [-0.39, 0.29) is 37.7 Å². The second kappa shape index (κ2) is 14.3. The van der Waals surface area contributed by atoms with Gasteiger partial charge in [0.1, 0.15) is 25.1 Å². The molecule has 0 fully saturated rings. The maximum absolute atomic E-state index is 13.7. The number of halogens is 1. The van der Waals surface area contributed by atoms with Crippen LogP contribution in [0.15, 0.2) is 72.9 Å². The van der Waals surface area contributed by atoms with Crippen molar-refractivity contribution in [1.82, 2.24) is 4.98 Å². The number of pyridine rings is 1. The van der Waals surface area contributed by atoms with E-state index in [4.69, 9.17) is 9.47 Å². The molecule has 4 aromatic rings. The van der Waals surface area contributed by atoms with Crippen molar-refractivity contribution in [1.29, 1.82) is 0 Å². The third-order valence-corrected chi connectivity index (χ3v) is 6.69. The third kappa shape index (κ3) is 7.76. The highest BCUT2D eigenvalue weighted by molar-refractivity contribution is 6.09. The van der Waals surface area contributed by atoms with Gasteiger partial charge in [-0.1, -0.05) is 55.5 Å². The normalized spacial score (nSPS) is 11.6. The van der Waals surface area contributed by atoms with Gasteiger partial charge in [0, 0.05) is 29.3 Å². The Balaban J connectivity index is 1.47. The van der Waals surface area contributed by atoms with Crippen molar-refractivity contribution in [3.05, 3.63) is 101 Å². The lowest BCUT2D eigenvalue weighted by Gasteiger charge is -2.19. The average molecular weight is 573 g/mol. The van der Waals surface area contributed by atoms with Gasteiger partial charge in [-0.05, 0) is 42.7 Å². The van der Waals surface area contributed by atoms with E-state index in [2.05, 4.69) is 10.3 Å². The first kappa shape index (κ1) is 30.3. The van der Waals surface area contributed by atoms with Crippen LogP contribution < -0.4 is 5.32 Å². The lowest BCUT2D eigenvalue weighted by molar-refractivity contribution is -0.152. The van der Waals surface area contributed by atoms with Gasteiger partial charge >= 0.3 is 11.9 Å². The van der Waals surface area contributed by atoms with Crippen LogP contribution in [-0.4, -0.2) is 34.4 Å². The van der Waals surface area contributed by atoms with Crippen LogP contribution in [0.1, 0.15) is 65.8 Å². The molecule has 3 aromatic carbocycles. The fraction of sp³-hybridized carbons (Fsp3) is 0.273. The molecule has 1 unspecified atom stereocenters. The summed E-state index contributed by atoms with van der Waals surface area (Å²) in [6, 6.07) is 18.7. The van der Waals surface area contributed by atoms with Crippen molar-refractivity contribution in [2.75, 3.05) is 11.9 Å². The molecular weight excluding hydrogens is 539 g/mol. The highest BCUT2D eigenvalue weighted by Gasteiger charge is 2.21. The fourth-order valence-electron chi connectivity index (χ4n) is 4.47. The first-order valence-electron chi connectivity index (χ1n) is 13.8. The van der Waals surface area contributed by atoms with E-state index < -0.39 is 18.0 Å². The highest BCUT2D eigenvalue weighted by Crippen LogP contribution is 2.34. The Morgan fingerprint density at radius 1 is 0.952 bits per heavy atom. The van der Waals surface area contributed by atoms with Crippen LogP contribution in [0.3, 0.4) is 0 Å². The number of para-hydroxylation sites is 1. The number of aliphatic hydroxyl groups is 1. The molecule has 218 valence electrons. The molecule has 8 nitrogen and oxygen atoms in total. The van der Waals surface area contributed by atoms with Crippen molar-refractivity contribution in [3.8, 4) is 0 Å². The number of aliphatic hydroxyl groups excluding tert-OH is 1. The van der Waals surface area contributed by atoms with Crippen molar-refractivity contribution in [3.63, 3.8) is 0 Å². The van der Waals surface area contributed by atoms with Crippen LogP contribution >= 0.6 is 0 Å². The number of ketones is 1. The molecule has 1 heterocycles. The number of carbonyl (C=O) groups is 3. The van der Waals surface area contributed by atoms with Crippen LogP contribution in [0.25, 0.3) is 10.9 Å². The molecule has 1 atom stereocenters. The van der Waals surface area contributed by atoms with Gasteiger partial charge in [0.15, 0.2) is 5.78 Å². The lowest BCUT2D eigenvalue weighted by Crippen LogP contribution is -2.15. The highest BCUT2D eigenvalue weighted by atomic mass is 19.1. The summed E-state index contributed by atoms with van der Waals surface area (Å²) in [5, 5.41) is 14.8. The molecular formula is C33H33FN2O6. The molecule has 0 saturated heterocycles. The predicted molar refractivity (Wildman–Crippen MR) is 157 cm³/mol. The minimum Gasteiger partial charge on any atom is -0.463 e. The van der Waals surface area contributed by atoms with Crippen molar-refractivity contribution >= 4 is 40.0 Å². The lowest BCUT2D eigenvalue weighted by atomic mass is 9.99. The third-order valence-electron chi connectivity index (χ3n) is 6.69. The number of fused-ring (bicyclic) bond motifs is 1. The molecule has 0 aliphatic rings. The van der Waals surface area contributed by atoms with Crippen LogP contribution in [-0.2, 0) is 25.7 Å². The van der Waals surface area contributed by atoms with Gasteiger partial charge in [-0.3, -0.25) is 19.4 Å². The van der Waals surface area contributed by atoms with Crippen LogP contribution in [0, 0.1) is 12.7 Å². The topological polar surface area (TPSA) is 115 Å². The zero-order valence-corrected chi connectivity index (χ0v) is 23.6. The number of nitrogens with one attached hydrogen (secondary N) is 1. The summed E-state index contributed by atoms with van der Waals surface area (Å²) < 4.78 is 24.1. The number of aromatic nitrogens is 1. The number of hydrogen-bond donors (Lipinski definition) is 2. The fourth-order valence-corrected chi connectivity index (χ4v) is 4.47. The molecule has 0 aliphatic carbocycles. The maximum Gasteiger partial charge on any atom is 0.306 e. The molecule has 4 rings (SSSR count). The first-order valence-corrected chi connectivity index (χ1v) is 13.8. The SMILES string of the molecule is CCCC(=O)c1cnc2c(C(O)COC(=O)CCC(=O)OCc3ccccc3)cccc2c1Nc1ccc(F)cc1C. The quantitative estimate of drug-likeness (QED) is 0.138. The average Bonchev–Trinajstić information content (AvgIpc) is 2.99. The molecule has 0 amide bonds. The summed E-state index contributed by atoms with van der Waals surface area (Å²) in [6.45, 7) is 3.43. The zero-order valence-electron chi connectivity index (χ0n) is 23.6. The van der Waals surface area contributed by atoms with Gasteiger partial charge in [0.2, 0.25) is 0 Å². The molecule has 2 N–H and O–H groups in total. The summed E-state index contributed by atoms with van der Waals surface area (Å²) in [7, 11) is 0. The summed E-state index contributed by atoms with van der Waals surface area (Å²) in [6.07, 6.45) is 0.882. The van der Waals surface area contributed by atoms with Gasteiger partial charge in [-0.15, -0.1) is 0 Å². The minimum atomic E-state index is -1.22. The van der Waals surface area contributed by atoms with E-state index in [0.29, 0.717) is 51.8 Å². The van der Waals surface area contributed by atoms with Gasteiger partial charge in [0.05, 0.1) is 29.6 Å². The van der Waals surface area contributed by atoms with Gasteiger partial charge < -0.3 is 19.9 Å². The second-order valence-electron chi connectivity index (χ2n) is 9.89. The Kier molecular flexibility index (Phi) is 10.3. The van der Waals surface area contributed by atoms with Crippen molar-refractivity contribution < 1.29 is 33.4 Å². The Hall–Kier alpha value is -4.63. The molecule has 1 aromatic heterocycles. The number of anilines is 2.